The van der Waals surface area contributed by atoms with Gasteiger partial charge in [-0.2, -0.15) is 5.10 Å². The van der Waals surface area contributed by atoms with Crippen molar-refractivity contribution in [2.45, 2.75) is 19.9 Å². The van der Waals surface area contributed by atoms with Crippen LogP contribution in [0, 0.1) is 10.5 Å². The molecule has 3 nitrogen and oxygen atoms in total. The highest BCUT2D eigenvalue weighted by Gasteiger charge is 2.18. The number of hydrogen-bond acceptors (Lipinski definition) is 2. The summed E-state index contributed by atoms with van der Waals surface area (Å²) in [5.41, 5.74) is 3.69. The van der Waals surface area contributed by atoms with Crippen molar-refractivity contribution in [1.82, 2.24) is 15.1 Å². The van der Waals surface area contributed by atoms with Gasteiger partial charge in [-0.3, -0.25) is 4.68 Å². The fourth-order valence-corrected chi connectivity index (χ4v) is 2.73. The smallest absolute Gasteiger partial charge is 0.0839 e. The monoisotopic (exact) mass is 355 g/mol. The highest BCUT2D eigenvalue weighted by atomic mass is 127. The molecule has 0 fully saturated rings. The van der Waals surface area contributed by atoms with Gasteiger partial charge in [0.05, 0.1) is 11.7 Å². The molecule has 4 heteroatoms. The van der Waals surface area contributed by atoms with Crippen LogP contribution in [-0.4, -0.2) is 16.3 Å². The van der Waals surface area contributed by atoms with Crippen molar-refractivity contribution in [1.29, 1.82) is 0 Å². The minimum absolute atomic E-state index is 0.169. The summed E-state index contributed by atoms with van der Waals surface area (Å²) in [5.74, 6) is 0. The molecule has 1 N–H and O–H groups in total. The van der Waals surface area contributed by atoms with E-state index in [0.717, 1.165) is 12.2 Å². The normalized spacial score (nSPS) is 12.7. The van der Waals surface area contributed by atoms with Crippen LogP contribution in [0.1, 0.15) is 29.8 Å². The Kier molecular flexibility index (Phi) is 4.40. The third-order valence-electron chi connectivity index (χ3n) is 2.97. The van der Waals surface area contributed by atoms with Gasteiger partial charge in [0, 0.05) is 16.8 Å². The van der Waals surface area contributed by atoms with Crippen molar-refractivity contribution in [3.8, 4) is 0 Å². The number of rotatable bonds is 4. The predicted molar refractivity (Wildman–Crippen MR) is 82.6 cm³/mol. The fraction of sp³-hybridized carbons (Fsp3) is 0.357. The third-order valence-corrected chi connectivity index (χ3v) is 4.44. The molecule has 0 aliphatic rings. The summed E-state index contributed by atoms with van der Waals surface area (Å²) in [7, 11) is 1.95. The molecule has 0 saturated heterocycles. The van der Waals surface area contributed by atoms with E-state index in [1.165, 1.54) is 14.7 Å². The Morgan fingerprint density at radius 3 is 2.78 bits per heavy atom. The van der Waals surface area contributed by atoms with E-state index in [2.05, 4.69) is 71.1 Å². The van der Waals surface area contributed by atoms with E-state index < -0.39 is 0 Å². The van der Waals surface area contributed by atoms with Crippen molar-refractivity contribution in [3.05, 3.63) is 50.9 Å². The molecule has 1 unspecified atom stereocenters. The Labute approximate surface area is 122 Å². The number of aryl methyl sites for hydroxylation is 2. The summed E-state index contributed by atoms with van der Waals surface area (Å²) in [5, 5.41) is 8.04. The Balaban J connectivity index is 2.44. The molecule has 96 valence electrons. The molecule has 2 aromatic rings. The van der Waals surface area contributed by atoms with Crippen LogP contribution in [0.25, 0.3) is 0 Å². The molecule has 0 aliphatic carbocycles. The van der Waals surface area contributed by atoms with Crippen LogP contribution in [0.15, 0.2) is 30.5 Å². The Morgan fingerprint density at radius 2 is 2.17 bits per heavy atom. The molecule has 1 aromatic heterocycles. The summed E-state index contributed by atoms with van der Waals surface area (Å²) < 4.78 is 3.16. The lowest BCUT2D eigenvalue weighted by atomic mass is 10.0. The van der Waals surface area contributed by atoms with Gasteiger partial charge in [0.1, 0.15) is 0 Å². The van der Waals surface area contributed by atoms with Gasteiger partial charge in [0.15, 0.2) is 0 Å². The van der Waals surface area contributed by atoms with Gasteiger partial charge in [-0.05, 0) is 53.3 Å². The molecule has 0 spiro atoms. The maximum atomic E-state index is 4.53. The van der Waals surface area contributed by atoms with Gasteiger partial charge >= 0.3 is 0 Å². The molecular formula is C14H18IN3. The first kappa shape index (κ1) is 13.5. The van der Waals surface area contributed by atoms with Crippen molar-refractivity contribution in [3.63, 3.8) is 0 Å². The zero-order chi connectivity index (χ0) is 13.1. The van der Waals surface area contributed by atoms with Crippen molar-refractivity contribution in [2.24, 2.45) is 7.05 Å². The molecule has 1 aromatic carbocycles. The molecule has 0 radical (unpaired) electrons. The molecule has 0 saturated carbocycles. The van der Waals surface area contributed by atoms with Crippen LogP contribution in [0.2, 0.25) is 0 Å². The summed E-state index contributed by atoms with van der Waals surface area (Å²) in [6.45, 7) is 5.19. The minimum atomic E-state index is 0.169. The lowest BCUT2D eigenvalue weighted by Crippen LogP contribution is -2.23. The number of nitrogens with zero attached hydrogens (tertiary/aromatic N) is 2. The standard InChI is InChI=1S/C14H18IN3/c1-4-16-14(12-8-9-18(3)17-12)11-7-5-6-10(2)13(11)15/h5-9,14,16H,4H2,1-3H3. The van der Waals surface area contributed by atoms with E-state index >= 15 is 0 Å². The van der Waals surface area contributed by atoms with Gasteiger partial charge in [0.2, 0.25) is 0 Å². The molecule has 0 bridgehead atoms. The highest BCUT2D eigenvalue weighted by molar-refractivity contribution is 14.1. The SMILES string of the molecule is CCNC(c1ccn(C)n1)c1cccc(C)c1I. The third kappa shape index (κ3) is 2.75. The van der Waals surface area contributed by atoms with Crippen molar-refractivity contribution >= 4 is 22.6 Å². The topological polar surface area (TPSA) is 29.9 Å². The summed E-state index contributed by atoms with van der Waals surface area (Å²) in [6, 6.07) is 8.68. The first-order chi connectivity index (χ1) is 8.63. The van der Waals surface area contributed by atoms with Gasteiger partial charge in [0.25, 0.3) is 0 Å². The Morgan fingerprint density at radius 1 is 1.39 bits per heavy atom. The van der Waals surface area contributed by atoms with E-state index in [1.54, 1.807) is 0 Å². The summed E-state index contributed by atoms with van der Waals surface area (Å²) in [4.78, 5) is 0. The average Bonchev–Trinajstić information content (AvgIpc) is 2.77. The maximum absolute atomic E-state index is 4.53. The lowest BCUT2D eigenvalue weighted by molar-refractivity contribution is 0.597. The van der Waals surface area contributed by atoms with E-state index in [9.17, 15) is 0 Å². The Hall–Kier alpha value is -0.880. The van der Waals surface area contributed by atoms with Gasteiger partial charge < -0.3 is 5.32 Å². The minimum Gasteiger partial charge on any atom is -0.305 e. The van der Waals surface area contributed by atoms with E-state index in [4.69, 9.17) is 0 Å². The number of halogens is 1. The van der Waals surface area contributed by atoms with E-state index in [-0.39, 0.29) is 6.04 Å². The predicted octanol–water partition coefficient (Wildman–Crippen LogP) is 3.03. The van der Waals surface area contributed by atoms with E-state index in [0.29, 0.717) is 0 Å². The fourth-order valence-electron chi connectivity index (χ4n) is 2.06. The number of nitrogens with one attached hydrogen (secondary N) is 1. The molecule has 2 rings (SSSR count). The molecule has 0 amide bonds. The van der Waals surface area contributed by atoms with Crippen LogP contribution in [0.3, 0.4) is 0 Å². The number of aromatic nitrogens is 2. The van der Waals surface area contributed by atoms with Gasteiger partial charge in [-0.25, -0.2) is 0 Å². The van der Waals surface area contributed by atoms with Crippen molar-refractivity contribution in [2.75, 3.05) is 6.54 Å². The van der Waals surface area contributed by atoms with Crippen LogP contribution in [0.4, 0.5) is 0 Å². The highest BCUT2D eigenvalue weighted by Crippen LogP contribution is 2.27. The first-order valence-corrected chi connectivity index (χ1v) is 7.19. The average molecular weight is 355 g/mol. The van der Waals surface area contributed by atoms with Crippen LogP contribution >= 0.6 is 22.6 Å². The summed E-state index contributed by atoms with van der Waals surface area (Å²) >= 11 is 2.42. The second-order valence-electron chi connectivity index (χ2n) is 4.38. The zero-order valence-electron chi connectivity index (χ0n) is 10.9. The van der Waals surface area contributed by atoms with Gasteiger partial charge in [-0.1, -0.05) is 25.1 Å². The molecule has 1 heterocycles. The quantitative estimate of drug-likeness (QED) is 0.855. The van der Waals surface area contributed by atoms with Gasteiger partial charge in [-0.15, -0.1) is 0 Å². The van der Waals surface area contributed by atoms with Crippen molar-refractivity contribution < 1.29 is 0 Å². The number of benzene rings is 1. The van der Waals surface area contributed by atoms with E-state index in [1.807, 2.05) is 17.9 Å². The Bertz CT molecular complexity index is 534. The van der Waals surface area contributed by atoms with Crippen LogP contribution in [0.5, 0.6) is 0 Å². The first-order valence-electron chi connectivity index (χ1n) is 6.11. The zero-order valence-corrected chi connectivity index (χ0v) is 13.1. The molecular weight excluding hydrogens is 337 g/mol. The summed E-state index contributed by atoms with van der Waals surface area (Å²) in [6.07, 6.45) is 1.99. The second-order valence-corrected chi connectivity index (χ2v) is 5.46. The second kappa shape index (κ2) is 5.84. The number of hydrogen-bond donors (Lipinski definition) is 1. The molecule has 18 heavy (non-hydrogen) atoms. The van der Waals surface area contributed by atoms with Crippen LogP contribution in [-0.2, 0) is 7.05 Å². The lowest BCUT2D eigenvalue weighted by Gasteiger charge is -2.18. The molecule has 1 atom stereocenters. The molecule has 0 aliphatic heterocycles. The van der Waals surface area contributed by atoms with Crippen LogP contribution < -0.4 is 5.32 Å². The maximum Gasteiger partial charge on any atom is 0.0839 e. The largest absolute Gasteiger partial charge is 0.305 e.